The van der Waals surface area contributed by atoms with E-state index < -0.39 is 0 Å². The Labute approximate surface area is 96.1 Å². The fourth-order valence-corrected chi connectivity index (χ4v) is 2.15. The normalized spacial score (nSPS) is 25.1. The van der Waals surface area contributed by atoms with Crippen LogP contribution in [0.25, 0.3) is 0 Å². The molecule has 3 N–H and O–H groups in total. The lowest BCUT2D eigenvalue weighted by Crippen LogP contribution is -2.36. The lowest BCUT2D eigenvalue weighted by Gasteiger charge is -2.29. The fraction of sp³-hybridized carbons (Fsp3) is 0.583. The van der Waals surface area contributed by atoms with Crippen LogP contribution in [0.4, 0.5) is 11.5 Å². The summed E-state index contributed by atoms with van der Waals surface area (Å²) in [5.41, 5.74) is 1.02. The molecule has 1 aromatic rings. The minimum absolute atomic E-state index is 0.181. The van der Waals surface area contributed by atoms with Gasteiger partial charge in [0.1, 0.15) is 5.82 Å². The van der Waals surface area contributed by atoms with Crippen molar-refractivity contribution in [1.29, 1.82) is 0 Å². The molecule has 2 atom stereocenters. The molecule has 0 spiro atoms. The molecule has 0 amide bonds. The van der Waals surface area contributed by atoms with Gasteiger partial charge in [0.05, 0.1) is 12.1 Å². The Hall–Kier alpha value is -1.29. The number of nitrogens with zero attached hydrogens (tertiary/aromatic N) is 1. The Morgan fingerprint density at radius 2 is 2.19 bits per heavy atom. The van der Waals surface area contributed by atoms with Gasteiger partial charge in [0.15, 0.2) is 0 Å². The van der Waals surface area contributed by atoms with Gasteiger partial charge in [0.25, 0.3) is 0 Å². The number of aliphatic hydroxyl groups is 1. The zero-order chi connectivity index (χ0) is 11.4. The van der Waals surface area contributed by atoms with Gasteiger partial charge >= 0.3 is 0 Å². The number of rotatable bonds is 3. The van der Waals surface area contributed by atoms with Gasteiger partial charge in [-0.15, -0.1) is 0 Å². The van der Waals surface area contributed by atoms with Crippen LogP contribution in [0.5, 0.6) is 0 Å². The van der Waals surface area contributed by atoms with Gasteiger partial charge in [-0.1, -0.05) is 12.8 Å². The molecule has 0 radical (unpaired) electrons. The van der Waals surface area contributed by atoms with E-state index in [1.165, 1.54) is 6.42 Å². The van der Waals surface area contributed by atoms with Crippen molar-refractivity contribution in [1.82, 2.24) is 4.98 Å². The van der Waals surface area contributed by atoms with Crippen LogP contribution in [-0.4, -0.2) is 29.3 Å². The molecular formula is C12H19N3O. The molecule has 4 heteroatoms. The predicted molar refractivity (Wildman–Crippen MR) is 65.7 cm³/mol. The highest BCUT2D eigenvalue weighted by Gasteiger charge is 2.22. The fourth-order valence-electron chi connectivity index (χ4n) is 2.15. The summed E-state index contributed by atoms with van der Waals surface area (Å²) < 4.78 is 0. The van der Waals surface area contributed by atoms with E-state index in [0.29, 0.717) is 0 Å². The quantitative estimate of drug-likeness (QED) is 0.729. The molecule has 2 rings (SSSR count). The molecule has 1 saturated carbocycles. The van der Waals surface area contributed by atoms with Gasteiger partial charge in [0.2, 0.25) is 0 Å². The van der Waals surface area contributed by atoms with Gasteiger partial charge in [-0.25, -0.2) is 4.98 Å². The monoisotopic (exact) mass is 221 g/mol. The number of hydrogen-bond donors (Lipinski definition) is 3. The molecule has 1 aliphatic rings. The molecule has 4 nitrogen and oxygen atoms in total. The smallest absolute Gasteiger partial charge is 0.127 e. The van der Waals surface area contributed by atoms with Crippen molar-refractivity contribution in [2.24, 2.45) is 0 Å². The van der Waals surface area contributed by atoms with Crippen molar-refractivity contribution in [3.05, 3.63) is 18.3 Å². The van der Waals surface area contributed by atoms with Crippen LogP contribution >= 0.6 is 0 Å². The molecule has 1 fully saturated rings. The van der Waals surface area contributed by atoms with E-state index >= 15 is 0 Å². The third-order valence-electron chi connectivity index (χ3n) is 3.10. The summed E-state index contributed by atoms with van der Waals surface area (Å²) >= 11 is 0. The van der Waals surface area contributed by atoms with Crippen LogP contribution in [0, 0.1) is 0 Å². The van der Waals surface area contributed by atoms with Crippen molar-refractivity contribution < 1.29 is 5.11 Å². The Kier molecular flexibility index (Phi) is 3.62. The van der Waals surface area contributed by atoms with Gasteiger partial charge in [0, 0.05) is 25.0 Å². The van der Waals surface area contributed by atoms with Crippen LogP contribution in [0.15, 0.2) is 18.3 Å². The number of nitrogens with one attached hydrogen (secondary N) is 2. The highest BCUT2D eigenvalue weighted by Crippen LogP contribution is 2.22. The minimum atomic E-state index is -0.222. The first-order valence-electron chi connectivity index (χ1n) is 5.88. The minimum Gasteiger partial charge on any atom is -0.391 e. The van der Waals surface area contributed by atoms with Gasteiger partial charge in [-0.05, 0) is 18.9 Å². The first kappa shape index (κ1) is 11.2. The van der Waals surface area contributed by atoms with Crippen LogP contribution < -0.4 is 10.6 Å². The van der Waals surface area contributed by atoms with E-state index in [2.05, 4.69) is 15.6 Å². The van der Waals surface area contributed by atoms with E-state index in [4.69, 9.17) is 0 Å². The molecular weight excluding hydrogens is 202 g/mol. The summed E-state index contributed by atoms with van der Waals surface area (Å²) in [7, 11) is 1.85. The van der Waals surface area contributed by atoms with E-state index in [0.717, 1.165) is 30.8 Å². The van der Waals surface area contributed by atoms with Crippen molar-refractivity contribution in [3.63, 3.8) is 0 Å². The molecule has 0 aliphatic heterocycles. The summed E-state index contributed by atoms with van der Waals surface area (Å²) in [5.74, 6) is 0.843. The van der Waals surface area contributed by atoms with Crippen molar-refractivity contribution in [3.8, 4) is 0 Å². The third kappa shape index (κ3) is 2.64. The first-order chi connectivity index (χ1) is 7.79. The number of hydrogen-bond acceptors (Lipinski definition) is 4. The van der Waals surface area contributed by atoms with Crippen molar-refractivity contribution >= 4 is 11.5 Å². The highest BCUT2D eigenvalue weighted by molar-refractivity contribution is 5.52. The van der Waals surface area contributed by atoms with Crippen LogP contribution in [0.2, 0.25) is 0 Å². The van der Waals surface area contributed by atoms with E-state index in [1.54, 1.807) is 6.20 Å². The number of anilines is 2. The summed E-state index contributed by atoms with van der Waals surface area (Å²) in [4.78, 5) is 4.16. The average molecular weight is 221 g/mol. The SMILES string of the molecule is CNc1cc(NC2CCCCC2O)ccn1. The standard InChI is InChI=1S/C12H19N3O/c1-13-12-8-9(6-7-14-12)15-10-4-2-3-5-11(10)16/h6-8,10-11,16H,2-5H2,1H3,(H2,13,14,15). The molecule has 0 saturated heterocycles. The maximum absolute atomic E-state index is 9.86. The van der Waals surface area contributed by atoms with Gasteiger partial charge in [-0.2, -0.15) is 0 Å². The summed E-state index contributed by atoms with van der Waals surface area (Å²) in [5, 5.41) is 16.2. The zero-order valence-electron chi connectivity index (χ0n) is 9.61. The van der Waals surface area contributed by atoms with Gasteiger partial charge < -0.3 is 15.7 Å². The van der Waals surface area contributed by atoms with Crippen molar-refractivity contribution in [2.45, 2.75) is 37.8 Å². The van der Waals surface area contributed by atoms with E-state index in [-0.39, 0.29) is 12.1 Å². The lowest BCUT2D eigenvalue weighted by atomic mass is 9.92. The Morgan fingerprint density at radius 3 is 2.94 bits per heavy atom. The Morgan fingerprint density at radius 1 is 1.38 bits per heavy atom. The second-order valence-corrected chi connectivity index (χ2v) is 4.28. The maximum atomic E-state index is 9.86. The van der Waals surface area contributed by atoms with E-state index in [1.807, 2.05) is 19.2 Å². The summed E-state index contributed by atoms with van der Waals surface area (Å²) in [6.07, 6.45) is 5.82. The second-order valence-electron chi connectivity index (χ2n) is 4.28. The molecule has 0 aromatic carbocycles. The van der Waals surface area contributed by atoms with Crippen LogP contribution in [0.1, 0.15) is 25.7 Å². The molecule has 0 bridgehead atoms. The largest absolute Gasteiger partial charge is 0.391 e. The molecule has 88 valence electrons. The number of pyridine rings is 1. The first-order valence-corrected chi connectivity index (χ1v) is 5.88. The molecule has 2 unspecified atom stereocenters. The number of aromatic nitrogens is 1. The summed E-state index contributed by atoms with van der Waals surface area (Å²) in [6, 6.07) is 4.07. The number of aliphatic hydroxyl groups excluding tert-OH is 1. The topological polar surface area (TPSA) is 57.2 Å². The molecule has 1 heterocycles. The molecule has 1 aromatic heterocycles. The second kappa shape index (κ2) is 5.16. The van der Waals surface area contributed by atoms with Crippen molar-refractivity contribution in [2.75, 3.05) is 17.7 Å². The highest BCUT2D eigenvalue weighted by atomic mass is 16.3. The Bertz CT molecular complexity index is 343. The third-order valence-corrected chi connectivity index (χ3v) is 3.10. The van der Waals surface area contributed by atoms with E-state index in [9.17, 15) is 5.11 Å². The summed E-state index contributed by atoms with van der Waals surface area (Å²) in [6.45, 7) is 0. The zero-order valence-corrected chi connectivity index (χ0v) is 9.61. The predicted octanol–water partition coefficient (Wildman–Crippen LogP) is 1.84. The lowest BCUT2D eigenvalue weighted by molar-refractivity contribution is 0.116. The molecule has 1 aliphatic carbocycles. The van der Waals surface area contributed by atoms with Crippen LogP contribution in [-0.2, 0) is 0 Å². The molecule has 16 heavy (non-hydrogen) atoms. The van der Waals surface area contributed by atoms with Gasteiger partial charge in [-0.3, -0.25) is 0 Å². The van der Waals surface area contributed by atoms with Crippen LogP contribution in [0.3, 0.4) is 0 Å². The maximum Gasteiger partial charge on any atom is 0.127 e. The Balaban J connectivity index is 2.01. The average Bonchev–Trinajstić information content (AvgIpc) is 2.32.